The third-order valence-corrected chi connectivity index (χ3v) is 2.30. The van der Waals surface area contributed by atoms with Gasteiger partial charge >= 0.3 is 6.18 Å². The standard InChI is InChI=1S/C9H11F3N8O/c1-13-6-17-7(15-2-5(21)9(10,11)12)19-8(18-6)20-4-14-3-16-20/h3-5,21H,2H2,1H3,(H2,13,15,17,18,19). The lowest BCUT2D eigenvalue weighted by Gasteiger charge is -2.15. The Labute approximate surface area is 116 Å². The van der Waals surface area contributed by atoms with E-state index in [-0.39, 0.29) is 17.8 Å². The molecule has 9 nitrogen and oxygen atoms in total. The maximum atomic E-state index is 12.2. The largest absolute Gasteiger partial charge is 0.416 e. The highest BCUT2D eigenvalue weighted by atomic mass is 19.4. The Morgan fingerprint density at radius 2 is 2.00 bits per heavy atom. The number of aliphatic hydroxyl groups excluding tert-OH is 1. The maximum Gasteiger partial charge on any atom is 0.416 e. The maximum absolute atomic E-state index is 12.2. The van der Waals surface area contributed by atoms with Gasteiger partial charge in [0.1, 0.15) is 12.7 Å². The van der Waals surface area contributed by atoms with Crippen LogP contribution in [0, 0.1) is 0 Å². The van der Waals surface area contributed by atoms with Crippen molar-refractivity contribution in [3.05, 3.63) is 12.7 Å². The number of aliphatic hydroxyl groups is 1. The fourth-order valence-corrected chi connectivity index (χ4v) is 1.27. The molecule has 0 aliphatic rings. The second-order valence-corrected chi connectivity index (χ2v) is 3.81. The molecular weight excluding hydrogens is 293 g/mol. The average Bonchev–Trinajstić information content (AvgIpc) is 2.97. The highest BCUT2D eigenvalue weighted by Gasteiger charge is 2.38. The number of aromatic nitrogens is 6. The van der Waals surface area contributed by atoms with Crippen LogP contribution >= 0.6 is 0 Å². The van der Waals surface area contributed by atoms with Crippen LogP contribution in [0.3, 0.4) is 0 Å². The predicted molar refractivity (Wildman–Crippen MR) is 64.8 cm³/mol. The molecular formula is C9H11F3N8O. The van der Waals surface area contributed by atoms with Crippen LogP contribution in [-0.4, -0.2) is 60.7 Å². The molecule has 1 unspecified atom stereocenters. The van der Waals surface area contributed by atoms with Crippen molar-refractivity contribution in [2.75, 3.05) is 24.2 Å². The molecule has 2 aromatic rings. The molecule has 3 N–H and O–H groups in total. The zero-order valence-corrected chi connectivity index (χ0v) is 10.7. The van der Waals surface area contributed by atoms with Crippen LogP contribution in [-0.2, 0) is 0 Å². The number of hydrogen-bond donors (Lipinski definition) is 3. The Morgan fingerprint density at radius 3 is 2.57 bits per heavy atom. The zero-order valence-electron chi connectivity index (χ0n) is 10.7. The van der Waals surface area contributed by atoms with E-state index < -0.39 is 18.8 Å². The van der Waals surface area contributed by atoms with Crippen LogP contribution < -0.4 is 10.6 Å². The van der Waals surface area contributed by atoms with Gasteiger partial charge in [-0.3, -0.25) is 0 Å². The van der Waals surface area contributed by atoms with E-state index in [2.05, 4.69) is 35.7 Å². The second-order valence-electron chi connectivity index (χ2n) is 3.81. The summed E-state index contributed by atoms with van der Waals surface area (Å²) in [6, 6.07) is 0. The van der Waals surface area contributed by atoms with Gasteiger partial charge in [-0.05, 0) is 0 Å². The van der Waals surface area contributed by atoms with E-state index in [0.717, 1.165) is 0 Å². The molecule has 0 aliphatic heterocycles. The number of alkyl halides is 3. The smallest absolute Gasteiger partial charge is 0.382 e. The molecule has 0 spiro atoms. The third kappa shape index (κ3) is 3.75. The van der Waals surface area contributed by atoms with Gasteiger partial charge in [-0.2, -0.15) is 37.9 Å². The van der Waals surface area contributed by atoms with Crippen LogP contribution in [0.2, 0.25) is 0 Å². The van der Waals surface area contributed by atoms with Gasteiger partial charge < -0.3 is 15.7 Å². The summed E-state index contributed by atoms with van der Waals surface area (Å²) in [5.41, 5.74) is 0. The normalized spacial score (nSPS) is 13.0. The molecule has 0 amide bonds. The van der Waals surface area contributed by atoms with Crippen molar-refractivity contribution >= 4 is 11.9 Å². The summed E-state index contributed by atoms with van der Waals surface area (Å²) in [6.07, 6.45) is -4.67. The zero-order chi connectivity index (χ0) is 15.5. The van der Waals surface area contributed by atoms with E-state index in [4.69, 9.17) is 5.11 Å². The summed E-state index contributed by atoms with van der Waals surface area (Å²) in [5, 5.41) is 17.7. The molecule has 0 saturated carbocycles. The third-order valence-electron chi connectivity index (χ3n) is 2.30. The minimum Gasteiger partial charge on any atom is -0.382 e. The number of hydrogen-bond acceptors (Lipinski definition) is 8. The molecule has 2 rings (SSSR count). The van der Waals surface area contributed by atoms with Gasteiger partial charge in [0.25, 0.3) is 5.95 Å². The van der Waals surface area contributed by atoms with Crippen molar-refractivity contribution in [2.24, 2.45) is 0 Å². The predicted octanol–water partition coefficient (Wildman–Crippen LogP) is -0.171. The topological polar surface area (TPSA) is 114 Å². The molecule has 0 aromatic carbocycles. The van der Waals surface area contributed by atoms with Gasteiger partial charge in [0.2, 0.25) is 11.9 Å². The Bertz CT molecular complexity index is 587. The number of anilines is 2. The van der Waals surface area contributed by atoms with Crippen LogP contribution in [0.5, 0.6) is 0 Å². The van der Waals surface area contributed by atoms with E-state index >= 15 is 0 Å². The lowest BCUT2D eigenvalue weighted by molar-refractivity contribution is -0.198. The minimum absolute atomic E-state index is 0.0656. The molecule has 0 aliphatic carbocycles. The molecule has 0 saturated heterocycles. The van der Waals surface area contributed by atoms with E-state index in [9.17, 15) is 13.2 Å². The fraction of sp³-hybridized carbons (Fsp3) is 0.444. The average molecular weight is 304 g/mol. The van der Waals surface area contributed by atoms with Gasteiger partial charge in [-0.1, -0.05) is 0 Å². The molecule has 1 atom stereocenters. The second kappa shape index (κ2) is 5.87. The Hall–Kier alpha value is -2.50. The molecule has 0 fully saturated rings. The summed E-state index contributed by atoms with van der Waals surface area (Å²) in [4.78, 5) is 15.4. The first-order chi connectivity index (χ1) is 9.90. The molecule has 21 heavy (non-hydrogen) atoms. The van der Waals surface area contributed by atoms with E-state index in [0.29, 0.717) is 0 Å². The monoisotopic (exact) mass is 304 g/mol. The molecule has 2 heterocycles. The first kappa shape index (κ1) is 14.9. The van der Waals surface area contributed by atoms with Crippen molar-refractivity contribution in [2.45, 2.75) is 12.3 Å². The minimum atomic E-state index is -4.72. The van der Waals surface area contributed by atoms with E-state index in [1.54, 1.807) is 0 Å². The SMILES string of the molecule is CNc1nc(NCC(O)C(F)(F)F)nc(-n2cncn2)n1. The highest BCUT2D eigenvalue weighted by Crippen LogP contribution is 2.20. The van der Waals surface area contributed by atoms with Gasteiger partial charge in [0.05, 0.1) is 6.54 Å². The van der Waals surface area contributed by atoms with Crippen LogP contribution in [0.15, 0.2) is 12.7 Å². The number of nitrogens with zero attached hydrogens (tertiary/aromatic N) is 6. The van der Waals surface area contributed by atoms with Crippen LogP contribution in [0.1, 0.15) is 0 Å². The van der Waals surface area contributed by atoms with Crippen molar-refractivity contribution < 1.29 is 18.3 Å². The van der Waals surface area contributed by atoms with Gasteiger partial charge in [-0.25, -0.2) is 4.98 Å². The molecule has 114 valence electrons. The molecule has 12 heteroatoms. The Morgan fingerprint density at radius 1 is 1.29 bits per heavy atom. The summed E-state index contributed by atoms with van der Waals surface area (Å²) < 4.78 is 37.9. The van der Waals surface area contributed by atoms with E-state index in [1.165, 1.54) is 24.4 Å². The van der Waals surface area contributed by atoms with Gasteiger partial charge in [0, 0.05) is 7.05 Å². The van der Waals surface area contributed by atoms with Crippen LogP contribution in [0.25, 0.3) is 5.95 Å². The van der Waals surface area contributed by atoms with Crippen molar-refractivity contribution in [3.8, 4) is 5.95 Å². The summed E-state index contributed by atoms with van der Waals surface area (Å²) >= 11 is 0. The number of rotatable bonds is 5. The quantitative estimate of drug-likeness (QED) is 0.697. The van der Waals surface area contributed by atoms with Gasteiger partial charge in [-0.15, -0.1) is 0 Å². The Kier molecular flexibility index (Phi) is 4.16. The molecule has 2 aromatic heterocycles. The number of nitrogens with one attached hydrogen (secondary N) is 2. The van der Waals surface area contributed by atoms with Crippen molar-refractivity contribution in [3.63, 3.8) is 0 Å². The van der Waals surface area contributed by atoms with Crippen molar-refractivity contribution in [1.29, 1.82) is 0 Å². The summed E-state index contributed by atoms with van der Waals surface area (Å²) in [6.45, 7) is -0.784. The fourth-order valence-electron chi connectivity index (χ4n) is 1.27. The molecule has 0 radical (unpaired) electrons. The lowest BCUT2D eigenvalue weighted by atomic mass is 10.3. The number of halogens is 3. The van der Waals surface area contributed by atoms with Crippen LogP contribution in [0.4, 0.5) is 25.1 Å². The molecule has 0 bridgehead atoms. The highest BCUT2D eigenvalue weighted by molar-refractivity contribution is 5.37. The summed E-state index contributed by atoms with van der Waals surface area (Å²) in [7, 11) is 1.54. The first-order valence-electron chi connectivity index (χ1n) is 5.67. The van der Waals surface area contributed by atoms with Crippen molar-refractivity contribution in [1.82, 2.24) is 29.7 Å². The Balaban J connectivity index is 2.18. The lowest BCUT2D eigenvalue weighted by Crippen LogP contribution is -2.35. The van der Waals surface area contributed by atoms with E-state index in [1.807, 2.05) is 0 Å². The van der Waals surface area contributed by atoms with Gasteiger partial charge in [0.15, 0.2) is 6.10 Å². The summed E-state index contributed by atoms with van der Waals surface area (Å²) in [5.74, 6) is 0.0542. The first-order valence-corrected chi connectivity index (χ1v) is 5.67.